The minimum atomic E-state index is 0. The molecule has 1 heterocycles. The smallest absolute Gasteiger partial charge is 0.115 e. The predicted octanol–water partition coefficient (Wildman–Crippen LogP) is 2.24. The van der Waals surface area contributed by atoms with Crippen LogP contribution in [0.5, 0.6) is 5.75 Å². The molecule has 1 aromatic carbocycles. The van der Waals surface area contributed by atoms with Crippen LogP contribution < -0.4 is 5.32 Å². The first kappa shape index (κ1) is 10.4. The summed E-state index contributed by atoms with van der Waals surface area (Å²) < 4.78 is 0. The molecule has 0 spiro atoms. The number of rotatable bonds is 1. The highest BCUT2D eigenvalue weighted by molar-refractivity contribution is 5.85. The van der Waals surface area contributed by atoms with Crippen LogP contribution in [-0.4, -0.2) is 11.7 Å². The van der Waals surface area contributed by atoms with Crippen molar-refractivity contribution in [2.45, 2.75) is 18.9 Å². The molecule has 2 rings (SSSR count). The fourth-order valence-corrected chi connectivity index (χ4v) is 1.71. The van der Waals surface area contributed by atoms with Crippen molar-refractivity contribution in [2.24, 2.45) is 0 Å². The molecule has 1 aliphatic heterocycles. The molecule has 0 aliphatic carbocycles. The summed E-state index contributed by atoms with van der Waals surface area (Å²) in [7, 11) is 0. The van der Waals surface area contributed by atoms with Gasteiger partial charge in [-0.25, -0.2) is 0 Å². The maximum absolute atomic E-state index is 9.25. The largest absolute Gasteiger partial charge is 0.508 e. The monoisotopic (exact) mass is 199 g/mol. The molecule has 13 heavy (non-hydrogen) atoms. The maximum Gasteiger partial charge on any atom is 0.115 e. The second-order valence-corrected chi connectivity index (χ2v) is 3.24. The molecule has 1 saturated heterocycles. The summed E-state index contributed by atoms with van der Waals surface area (Å²) in [5.74, 6) is 0.362. The Morgan fingerprint density at radius 1 is 1.38 bits per heavy atom. The average Bonchev–Trinajstić information content (AvgIpc) is 2.56. The van der Waals surface area contributed by atoms with Gasteiger partial charge < -0.3 is 10.4 Å². The Hall–Kier alpha value is -0.730. The molecule has 1 fully saturated rings. The first-order chi connectivity index (χ1) is 5.86. The van der Waals surface area contributed by atoms with Gasteiger partial charge in [0.05, 0.1) is 0 Å². The van der Waals surface area contributed by atoms with Gasteiger partial charge in [-0.1, -0.05) is 12.1 Å². The minimum absolute atomic E-state index is 0. The second kappa shape index (κ2) is 4.49. The number of hydrogen-bond acceptors (Lipinski definition) is 2. The molecule has 1 aromatic rings. The van der Waals surface area contributed by atoms with E-state index in [2.05, 4.69) is 11.4 Å². The van der Waals surface area contributed by atoms with E-state index in [4.69, 9.17) is 0 Å². The first-order valence-corrected chi connectivity index (χ1v) is 4.38. The Morgan fingerprint density at radius 2 is 2.23 bits per heavy atom. The van der Waals surface area contributed by atoms with Crippen molar-refractivity contribution in [3.8, 4) is 5.75 Å². The summed E-state index contributed by atoms with van der Waals surface area (Å²) in [6, 6.07) is 7.95. The van der Waals surface area contributed by atoms with Gasteiger partial charge in [0.1, 0.15) is 5.75 Å². The van der Waals surface area contributed by atoms with E-state index in [1.807, 2.05) is 12.1 Å². The third kappa shape index (κ3) is 2.36. The van der Waals surface area contributed by atoms with Crippen LogP contribution in [0.25, 0.3) is 0 Å². The molecule has 0 saturated carbocycles. The minimum Gasteiger partial charge on any atom is -0.508 e. The molecular formula is C10H14ClNO. The third-order valence-corrected chi connectivity index (χ3v) is 2.33. The van der Waals surface area contributed by atoms with E-state index in [9.17, 15) is 5.11 Å². The van der Waals surface area contributed by atoms with Crippen LogP contribution in [0.3, 0.4) is 0 Å². The number of hydrogen-bond donors (Lipinski definition) is 2. The first-order valence-electron chi connectivity index (χ1n) is 4.38. The van der Waals surface area contributed by atoms with E-state index >= 15 is 0 Å². The van der Waals surface area contributed by atoms with Crippen molar-refractivity contribution in [3.05, 3.63) is 29.8 Å². The Kier molecular flexibility index (Phi) is 3.58. The third-order valence-electron chi connectivity index (χ3n) is 2.33. The molecule has 1 atom stereocenters. The van der Waals surface area contributed by atoms with Crippen LogP contribution in [0.2, 0.25) is 0 Å². The zero-order valence-corrected chi connectivity index (χ0v) is 8.18. The normalized spacial score (nSPS) is 21.1. The van der Waals surface area contributed by atoms with E-state index in [0.29, 0.717) is 11.8 Å². The summed E-state index contributed by atoms with van der Waals surface area (Å²) in [5.41, 5.74) is 1.20. The molecular weight excluding hydrogens is 186 g/mol. The van der Waals surface area contributed by atoms with Crippen molar-refractivity contribution in [1.82, 2.24) is 5.32 Å². The molecule has 0 aromatic heterocycles. The SMILES string of the molecule is Cl.Oc1cccc([C@@H]2CCCN2)c1. The number of halogens is 1. The van der Waals surface area contributed by atoms with Crippen LogP contribution in [0.15, 0.2) is 24.3 Å². The number of phenolic OH excluding ortho intramolecular Hbond substituents is 1. The van der Waals surface area contributed by atoms with Crippen LogP contribution in [0, 0.1) is 0 Å². The van der Waals surface area contributed by atoms with Gasteiger partial charge in [-0.2, -0.15) is 0 Å². The standard InChI is InChI=1S/C10H13NO.ClH/c12-9-4-1-3-8(7-9)10-5-2-6-11-10;/h1,3-4,7,10-12H,2,5-6H2;1H/t10-;/m0./s1. The second-order valence-electron chi connectivity index (χ2n) is 3.24. The Balaban J connectivity index is 0.000000845. The maximum atomic E-state index is 9.25. The highest BCUT2D eigenvalue weighted by Crippen LogP contribution is 2.24. The lowest BCUT2D eigenvalue weighted by Gasteiger charge is -2.09. The summed E-state index contributed by atoms with van der Waals surface area (Å²) in [5, 5.41) is 12.6. The highest BCUT2D eigenvalue weighted by atomic mass is 35.5. The number of benzene rings is 1. The quantitative estimate of drug-likeness (QED) is 0.727. The van der Waals surface area contributed by atoms with Gasteiger partial charge in [-0.15, -0.1) is 12.4 Å². The summed E-state index contributed by atoms with van der Waals surface area (Å²) in [6.45, 7) is 1.10. The van der Waals surface area contributed by atoms with E-state index in [-0.39, 0.29) is 12.4 Å². The van der Waals surface area contributed by atoms with E-state index in [0.717, 1.165) is 6.54 Å². The van der Waals surface area contributed by atoms with Crippen LogP contribution in [-0.2, 0) is 0 Å². The van der Waals surface area contributed by atoms with Gasteiger partial charge in [-0.05, 0) is 37.1 Å². The van der Waals surface area contributed by atoms with Gasteiger partial charge in [0.15, 0.2) is 0 Å². The molecule has 0 bridgehead atoms. The van der Waals surface area contributed by atoms with Gasteiger partial charge in [0.25, 0.3) is 0 Å². The highest BCUT2D eigenvalue weighted by Gasteiger charge is 2.15. The lowest BCUT2D eigenvalue weighted by molar-refractivity contribution is 0.473. The Bertz CT molecular complexity index is 271. The van der Waals surface area contributed by atoms with Gasteiger partial charge in [0.2, 0.25) is 0 Å². The van der Waals surface area contributed by atoms with Crippen molar-refractivity contribution < 1.29 is 5.11 Å². The molecule has 0 unspecified atom stereocenters. The zero-order chi connectivity index (χ0) is 8.39. The van der Waals surface area contributed by atoms with Crippen molar-refractivity contribution >= 4 is 12.4 Å². The summed E-state index contributed by atoms with van der Waals surface area (Å²) in [6.07, 6.45) is 2.42. The molecule has 0 amide bonds. The summed E-state index contributed by atoms with van der Waals surface area (Å²) >= 11 is 0. The Labute approximate surface area is 84.4 Å². The van der Waals surface area contributed by atoms with Gasteiger partial charge in [0, 0.05) is 6.04 Å². The lowest BCUT2D eigenvalue weighted by atomic mass is 10.1. The topological polar surface area (TPSA) is 32.3 Å². The van der Waals surface area contributed by atoms with E-state index in [1.165, 1.54) is 18.4 Å². The fourth-order valence-electron chi connectivity index (χ4n) is 1.71. The number of nitrogens with one attached hydrogen (secondary N) is 1. The van der Waals surface area contributed by atoms with Gasteiger partial charge in [-0.3, -0.25) is 0 Å². The molecule has 1 aliphatic rings. The lowest BCUT2D eigenvalue weighted by Crippen LogP contribution is -2.12. The Morgan fingerprint density at radius 3 is 2.85 bits per heavy atom. The molecule has 72 valence electrons. The predicted molar refractivity (Wildman–Crippen MR) is 55.3 cm³/mol. The zero-order valence-electron chi connectivity index (χ0n) is 7.36. The molecule has 2 nitrogen and oxygen atoms in total. The average molecular weight is 200 g/mol. The van der Waals surface area contributed by atoms with Crippen LogP contribution >= 0.6 is 12.4 Å². The van der Waals surface area contributed by atoms with Crippen LogP contribution in [0.1, 0.15) is 24.4 Å². The fraction of sp³-hybridized carbons (Fsp3) is 0.400. The molecule has 0 radical (unpaired) electrons. The molecule has 2 N–H and O–H groups in total. The van der Waals surface area contributed by atoms with E-state index < -0.39 is 0 Å². The number of phenols is 1. The summed E-state index contributed by atoms with van der Waals surface area (Å²) in [4.78, 5) is 0. The van der Waals surface area contributed by atoms with Crippen LogP contribution in [0.4, 0.5) is 0 Å². The molecule has 3 heteroatoms. The number of aromatic hydroxyl groups is 1. The van der Waals surface area contributed by atoms with Crippen molar-refractivity contribution in [3.63, 3.8) is 0 Å². The van der Waals surface area contributed by atoms with Crippen molar-refractivity contribution in [2.75, 3.05) is 6.54 Å². The van der Waals surface area contributed by atoms with E-state index in [1.54, 1.807) is 6.07 Å². The van der Waals surface area contributed by atoms with Crippen molar-refractivity contribution in [1.29, 1.82) is 0 Å². The van der Waals surface area contributed by atoms with Gasteiger partial charge >= 0.3 is 0 Å².